The lowest BCUT2D eigenvalue weighted by atomic mass is 10.1. The number of unbranched alkanes of at least 4 members (excludes halogenated alkanes) is 4. The molecule has 1 atom stereocenters. The highest BCUT2D eigenvalue weighted by Gasteiger charge is 2.33. The van der Waals surface area contributed by atoms with E-state index in [1.165, 1.54) is 19.3 Å². The van der Waals surface area contributed by atoms with Crippen molar-refractivity contribution in [3.63, 3.8) is 0 Å². The summed E-state index contributed by atoms with van der Waals surface area (Å²) in [6.45, 7) is 6.98. The van der Waals surface area contributed by atoms with Crippen LogP contribution >= 0.6 is 11.3 Å². The number of carbonyl (C=O) groups is 1. The molecule has 2 aromatic rings. The fraction of sp³-hybridized carbons (Fsp3) is 0.524. The van der Waals surface area contributed by atoms with Gasteiger partial charge in [-0.1, -0.05) is 39.5 Å². The fourth-order valence-electron chi connectivity index (χ4n) is 3.34. The molecule has 0 aliphatic carbocycles. The number of hydrogen-bond acceptors (Lipinski definition) is 4. The Balaban J connectivity index is 1.84. The van der Waals surface area contributed by atoms with Crippen LogP contribution in [0.25, 0.3) is 11.3 Å². The number of amides is 1. The standard InChI is InChI=1S/C21H28N2O2S/c1-4-6-7-8-9-12-23-18-13-16(17-14-26-15(3)22-17)10-11-20(18)25-19(5-2)21(23)24/h10-11,13-14,19H,4-9,12H2,1-3H3. The molecule has 1 unspecified atom stereocenters. The normalized spacial score (nSPS) is 16.5. The van der Waals surface area contributed by atoms with E-state index >= 15 is 0 Å². The summed E-state index contributed by atoms with van der Waals surface area (Å²) in [4.78, 5) is 19.4. The summed E-state index contributed by atoms with van der Waals surface area (Å²) in [6, 6.07) is 6.08. The molecule has 3 rings (SSSR count). The number of rotatable bonds is 8. The minimum atomic E-state index is -0.370. The molecule has 1 aliphatic heterocycles. The maximum Gasteiger partial charge on any atom is 0.268 e. The summed E-state index contributed by atoms with van der Waals surface area (Å²) >= 11 is 1.64. The van der Waals surface area contributed by atoms with Gasteiger partial charge in [0.25, 0.3) is 5.91 Å². The van der Waals surface area contributed by atoms with Crippen molar-refractivity contribution in [1.29, 1.82) is 0 Å². The molecule has 5 heteroatoms. The van der Waals surface area contributed by atoms with E-state index in [9.17, 15) is 4.79 Å². The van der Waals surface area contributed by atoms with Crippen molar-refractivity contribution in [2.75, 3.05) is 11.4 Å². The predicted molar refractivity (Wildman–Crippen MR) is 108 cm³/mol. The molecule has 0 N–H and O–H groups in total. The van der Waals surface area contributed by atoms with Crippen LogP contribution in [0.4, 0.5) is 5.69 Å². The lowest BCUT2D eigenvalue weighted by Crippen LogP contribution is -2.46. The fourth-order valence-corrected chi connectivity index (χ4v) is 3.96. The topological polar surface area (TPSA) is 42.4 Å². The van der Waals surface area contributed by atoms with Gasteiger partial charge in [0.2, 0.25) is 0 Å². The van der Waals surface area contributed by atoms with Crippen LogP contribution < -0.4 is 9.64 Å². The number of aryl methyl sites for hydroxylation is 1. The molecule has 2 heterocycles. The number of anilines is 1. The molecule has 26 heavy (non-hydrogen) atoms. The van der Waals surface area contributed by atoms with Crippen molar-refractivity contribution in [2.24, 2.45) is 0 Å². The molecule has 140 valence electrons. The van der Waals surface area contributed by atoms with Crippen LogP contribution in [0.2, 0.25) is 0 Å². The number of nitrogens with zero attached hydrogens (tertiary/aromatic N) is 2. The van der Waals surface area contributed by atoms with Crippen LogP contribution in [0.5, 0.6) is 5.75 Å². The summed E-state index contributed by atoms with van der Waals surface area (Å²) in [5.74, 6) is 0.891. The van der Waals surface area contributed by atoms with E-state index in [0.29, 0.717) is 6.42 Å². The number of thiazole rings is 1. The number of carbonyl (C=O) groups excluding carboxylic acids is 1. The third-order valence-electron chi connectivity index (χ3n) is 4.83. The lowest BCUT2D eigenvalue weighted by molar-refractivity contribution is -0.126. The minimum Gasteiger partial charge on any atom is -0.478 e. The van der Waals surface area contributed by atoms with Gasteiger partial charge in [0.15, 0.2) is 6.10 Å². The van der Waals surface area contributed by atoms with Crippen molar-refractivity contribution in [3.8, 4) is 17.0 Å². The molecule has 0 fully saturated rings. The van der Waals surface area contributed by atoms with E-state index in [1.807, 2.05) is 30.9 Å². The van der Waals surface area contributed by atoms with Crippen LogP contribution in [0.3, 0.4) is 0 Å². The summed E-state index contributed by atoms with van der Waals surface area (Å²) in [5.41, 5.74) is 2.89. The van der Waals surface area contributed by atoms with Gasteiger partial charge in [-0.2, -0.15) is 0 Å². The number of benzene rings is 1. The first-order valence-corrected chi connectivity index (χ1v) is 10.6. The van der Waals surface area contributed by atoms with Crippen LogP contribution in [-0.4, -0.2) is 23.5 Å². The van der Waals surface area contributed by atoms with Gasteiger partial charge >= 0.3 is 0 Å². The maximum absolute atomic E-state index is 12.9. The van der Waals surface area contributed by atoms with Gasteiger partial charge in [-0.3, -0.25) is 4.79 Å². The molecule has 1 amide bonds. The zero-order chi connectivity index (χ0) is 18.5. The number of fused-ring (bicyclic) bond motifs is 1. The Labute approximate surface area is 160 Å². The highest BCUT2D eigenvalue weighted by Crippen LogP contribution is 2.38. The van der Waals surface area contributed by atoms with Crippen LogP contribution in [0.1, 0.15) is 57.4 Å². The van der Waals surface area contributed by atoms with Crippen LogP contribution in [-0.2, 0) is 4.79 Å². The highest BCUT2D eigenvalue weighted by atomic mass is 32.1. The van der Waals surface area contributed by atoms with Crippen molar-refractivity contribution in [1.82, 2.24) is 4.98 Å². The first-order chi connectivity index (χ1) is 12.6. The van der Waals surface area contributed by atoms with Gasteiger partial charge in [-0.15, -0.1) is 11.3 Å². The molecule has 0 radical (unpaired) electrons. The van der Waals surface area contributed by atoms with Gasteiger partial charge in [0.05, 0.1) is 16.4 Å². The Morgan fingerprint density at radius 1 is 1.19 bits per heavy atom. The van der Waals surface area contributed by atoms with Crippen LogP contribution in [0.15, 0.2) is 23.6 Å². The molecule has 0 spiro atoms. The SMILES string of the molecule is CCCCCCCN1C(=O)C(CC)Oc2ccc(-c3csc(C)n3)cc21. The summed E-state index contributed by atoms with van der Waals surface area (Å²) < 4.78 is 5.96. The van der Waals surface area contributed by atoms with E-state index in [4.69, 9.17) is 4.74 Å². The average molecular weight is 373 g/mol. The summed E-state index contributed by atoms with van der Waals surface area (Å²) in [6.07, 6.45) is 6.24. The summed E-state index contributed by atoms with van der Waals surface area (Å²) in [7, 11) is 0. The van der Waals surface area contributed by atoms with E-state index < -0.39 is 0 Å². The van der Waals surface area contributed by atoms with Gasteiger partial charge < -0.3 is 9.64 Å². The van der Waals surface area contributed by atoms with Gasteiger partial charge in [0.1, 0.15) is 5.75 Å². The Kier molecular flexibility index (Phi) is 6.30. The monoisotopic (exact) mass is 372 g/mol. The maximum atomic E-state index is 12.9. The van der Waals surface area contributed by atoms with Crippen molar-refractivity contribution < 1.29 is 9.53 Å². The zero-order valence-electron chi connectivity index (χ0n) is 16.0. The number of hydrogen-bond donors (Lipinski definition) is 0. The second kappa shape index (κ2) is 8.67. The molecular weight excluding hydrogens is 344 g/mol. The van der Waals surface area contributed by atoms with Crippen molar-refractivity contribution >= 4 is 22.9 Å². The van der Waals surface area contributed by atoms with E-state index in [2.05, 4.69) is 23.4 Å². The largest absolute Gasteiger partial charge is 0.478 e. The Hall–Kier alpha value is -1.88. The molecular formula is C21H28N2O2S. The molecule has 0 saturated carbocycles. The molecule has 1 aromatic heterocycles. The van der Waals surface area contributed by atoms with E-state index in [1.54, 1.807) is 11.3 Å². The van der Waals surface area contributed by atoms with Gasteiger partial charge in [-0.05, 0) is 38.0 Å². The van der Waals surface area contributed by atoms with Gasteiger partial charge in [-0.25, -0.2) is 4.98 Å². The third kappa shape index (κ3) is 4.09. The predicted octanol–water partition coefficient (Wildman–Crippen LogP) is 5.59. The highest BCUT2D eigenvalue weighted by molar-refractivity contribution is 7.09. The summed E-state index contributed by atoms with van der Waals surface area (Å²) in [5, 5.41) is 3.11. The van der Waals surface area contributed by atoms with Crippen molar-refractivity contribution in [2.45, 2.75) is 65.4 Å². The molecule has 1 aromatic carbocycles. The quantitative estimate of drug-likeness (QED) is 0.567. The van der Waals surface area contributed by atoms with Gasteiger partial charge in [0, 0.05) is 17.5 Å². The smallest absolute Gasteiger partial charge is 0.268 e. The van der Waals surface area contributed by atoms with Crippen LogP contribution in [0, 0.1) is 6.92 Å². The second-order valence-electron chi connectivity index (χ2n) is 6.85. The first-order valence-electron chi connectivity index (χ1n) is 9.68. The Morgan fingerprint density at radius 3 is 2.69 bits per heavy atom. The first kappa shape index (κ1) is 18.9. The lowest BCUT2D eigenvalue weighted by Gasteiger charge is -2.34. The molecule has 1 aliphatic rings. The van der Waals surface area contributed by atoms with E-state index in [0.717, 1.165) is 47.1 Å². The Bertz CT molecular complexity index is 756. The molecule has 4 nitrogen and oxygen atoms in total. The van der Waals surface area contributed by atoms with E-state index in [-0.39, 0.29) is 12.0 Å². The molecule has 0 saturated heterocycles. The molecule has 0 bridgehead atoms. The third-order valence-corrected chi connectivity index (χ3v) is 5.60. The second-order valence-corrected chi connectivity index (χ2v) is 7.92. The Morgan fingerprint density at radius 2 is 2.00 bits per heavy atom. The zero-order valence-corrected chi connectivity index (χ0v) is 16.8. The minimum absolute atomic E-state index is 0.0853. The number of ether oxygens (including phenoxy) is 1. The van der Waals surface area contributed by atoms with Crippen molar-refractivity contribution in [3.05, 3.63) is 28.6 Å². The average Bonchev–Trinajstić information content (AvgIpc) is 3.08. The number of aromatic nitrogens is 1.